The maximum Gasteiger partial charge on any atom is 0.309 e. The van der Waals surface area contributed by atoms with Crippen molar-refractivity contribution in [3.8, 4) is 6.07 Å². The first kappa shape index (κ1) is 15.3. The number of carboxylic acid groups (broad SMARTS) is 1. The molecule has 6 nitrogen and oxygen atoms in total. The van der Waals surface area contributed by atoms with Gasteiger partial charge in [0.25, 0.3) is 0 Å². The Morgan fingerprint density at radius 2 is 1.86 bits per heavy atom. The number of amides is 1. The normalized spacial score (nSPS) is 37.0. The molecule has 4 aliphatic rings. The molecule has 0 aromatic carbocycles. The van der Waals surface area contributed by atoms with Gasteiger partial charge in [0.2, 0.25) is 5.91 Å². The Labute approximate surface area is 130 Å². The van der Waals surface area contributed by atoms with Gasteiger partial charge in [0.05, 0.1) is 18.0 Å². The van der Waals surface area contributed by atoms with Crippen molar-refractivity contribution in [1.29, 1.82) is 5.26 Å². The second-order valence-electron chi connectivity index (χ2n) is 7.09. The van der Waals surface area contributed by atoms with Gasteiger partial charge in [0.15, 0.2) is 0 Å². The van der Waals surface area contributed by atoms with Crippen LogP contribution in [0.5, 0.6) is 0 Å². The molecule has 0 unspecified atom stereocenters. The van der Waals surface area contributed by atoms with Crippen LogP contribution < -0.4 is 5.32 Å². The van der Waals surface area contributed by atoms with Gasteiger partial charge in [0.1, 0.15) is 6.04 Å². The highest BCUT2D eigenvalue weighted by molar-refractivity contribution is 5.79. The third kappa shape index (κ3) is 2.48. The number of carbonyl (C=O) groups is 2. The van der Waals surface area contributed by atoms with E-state index in [1.54, 1.807) is 4.90 Å². The van der Waals surface area contributed by atoms with Gasteiger partial charge in [-0.2, -0.15) is 5.26 Å². The van der Waals surface area contributed by atoms with Gasteiger partial charge in [-0.05, 0) is 51.4 Å². The van der Waals surface area contributed by atoms with Crippen LogP contribution in [0.2, 0.25) is 0 Å². The molecule has 1 atom stereocenters. The van der Waals surface area contributed by atoms with Crippen molar-refractivity contribution in [3.63, 3.8) is 0 Å². The SMILES string of the molecule is N#C[C@@H]1CCCN1C(=O)CNC12CCC(C(=O)O)(CC1)CC2. The van der Waals surface area contributed by atoms with E-state index in [1.807, 2.05) is 0 Å². The fraction of sp³-hybridized carbons (Fsp3) is 0.812. The van der Waals surface area contributed by atoms with E-state index in [4.69, 9.17) is 5.26 Å². The van der Waals surface area contributed by atoms with Crippen molar-refractivity contribution in [1.82, 2.24) is 10.2 Å². The first-order valence-electron chi connectivity index (χ1n) is 8.18. The molecule has 4 rings (SSSR count). The van der Waals surface area contributed by atoms with Crippen LogP contribution in [0.15, 0.2) is 0 Å². The van der Waals surface area contributed by atoms with Crippen molar-refractivity contribution >= 4 is 11.9 Å². The van der Waals surface area contributed by atoms with Gasteiger partial charge in [0, 0.05) is 12.1 Å². The summed E-state index contributed by atoms with van der Waals surface area (Å²) < 4.78 is 0. The molecule has 22 heavy (non-hydrogen) atoms. The molecule has 0 radical (unpaired) electrons. The molecule has 120 valence electrons. The summed E-state index contributed by atoms with van der Waals surface area (Å²) in [7, 11) is 0. The van der Waals surface area contributed by atoms with E-state index in [0.29, 0.717) is 25.8 Å². The zero-order valence-corrected chi connectivity index (χ0v) is 12.8. The predicted octanol–water partition coefficient (Wildman–Crippen LogP) is 1.27. The summed E-state index contributed by atoms with van der Waals surface area (Å²) in [5.41, 5.74) is -0.594. The molecule has 1 heterocycles. The molecule has 0 aromatic rings. The van der Waals surface area contributed by atoms with Gasteiger partial charge in [-0.15, -0.1) is 0 Å². The van der Waals surface area contributed by atoms with E-state index in [0.717, 1.165) is 32.1 Å². The highest BCUT2D eigenvalue weighted by Crippen LogP contribution is 2.52. The van der Waals surface area contributed by atoms with Crippen molar-refractivity contribution in [2.24, 2.45) is 5.41 Å². The first-order valence-corrected chi connectivity index (χ1v) is 8.18. The van der Waals surface area contributed by atoms with Crippen LogP contribution in [0.1, 0.15) is 51.4 Å². The molecule has 3 aliphatic carbocycles. The summed E-state index contributed by atoms with van der Waals surface area (Å²) in [5.74, 6) is -0.662. The van der Waals surface area contributed by atoms with Crippen LogP contribution in [0.3, 0.4) is 0 Å². The molecule has 1 amide bonds. The number of hydrogen-bond donors (Lipinski definition) is 2. The average molecular weight is 305 g/mol. The van der Waals surface area contributed by atoms with E-state index in [2.05, 4.69) is 11.4 Å². The molecule has 0 spiro atoms. The van der Waals surface area contributed by atoms with Crippen molar-refractivity contribution in [2.75, 3.05) is 13.1 Å². The quantitative estimate of drug-likeness (QED) is 0.816. The summed E-state index contributed by atoms with van der Waals surface area (Å²) in [5, 5.41) is 21.9. The van der Waals surface area contributed by atoms with Crippen LogP contribution in [0.25, 0.3) is 0 Å². The second kappa shape index (κ2) is 5.54. The van der Waals surface area contributed by atoms with Gasteiger partial charge >= 0.3 is 5.97 Å². The summed E-state index contributed by atoms with van der Waals surface area (Å²) in [6, 6.07) is 1.92. The molecule has 1 aliphatic heterocycles. The highest BCUT2D eigenvalue weighted by Gasteiger charge is 2.52. The predicted molar refractivity (Wildman–Crippen MR) is 78.9 cm³/mol. The Balaban J connectivity index is 1.56. The van der Waals surface area contributed by atoms with E-state index < -0.39 is 11.4 Å². The smallest absolute Gasteiger partial charge is 0.309 e. The third-order valence-corrected chi connectivity index (χ3v) is 6.04. The summed E-state index contributed by atoms with van der Waals surface area (Å²) in [4.78, 5) is 25.4. The number of nitrogens with zero attached hydrogens (tertiary/aromatic N) is 2. The molecule has 0 aromatic heterocycles. The minimum Gasteiger partial charge on any atom is -0.481 e. The monoisotopic (exact) mass is 305 g/mol. The second-order valence-corrected chi connectivity index (χ2v) is 7.09. The first-order chi connectivity index (χ1) is 10.5. The number of nitrogens with one attached hydrogen (secondary N) is 1. The van der Waals surface area contributed by atoms with Gasteiger partial charge in [-0.3, -0.25) is 9.59 Å². The van der Waals surface area contributed by atoms with Crippen molar-refractivity contribution in [3.05, 3.63) is 0 Å². The maximum atomic E-state index is 12.3. The molecular weight excluding hydrogens is 282 g/mol. The van der Waals surface area contributed by atoms with Crippen LogP contribution in [-0.4, -0.2) is 46.6 Å². The fourth-order valence-electron chi connectivity index (χ4n) is 4.34. The minimum absolute atomic E-state index is 0.000861. The summed E-state index contributed by atoms with van der Waals surface area (Å²) in [6.07, 6.45) is 6.26. The highest BCUT2D eigenvalue weighted by atomic mass is 16.4. The summed E-state index contributed by atoms with van der Waals surface area (Å²) >= 11 is 0. The van der Waals surface area contributed by atoms with E-state index in [1.165, 1.54) is 0 Å². The lowest BCUT2D eigenvalue weighted by Crippen LogP contribution is -2.58. The van der Waals surface area contributed by atoms with E-state index >= 15 is 0 Å². The number of rotatable bonds is 4. The molecular formula is C16H23N3O3. The maximum absolute atomic E-state index is 12.3. The molecule has 3 saturated carbocycles. The Bertz CT molecular complexity index is 501. The molecule has 2 N–H and O–H groups in total. The lowest BCUT2D eigenvalue weighted by atomic mass is 9.57. The van der Waals surface area contributed by atoms with Gasteiger partial charge in [-0.25, -0.2) is 0 Å². The lowest BCUT2D eigenvalue weighted by molar-refractivity contribution is -0.157. The topological polar surface area (TPSA) is 93.4 Å². The third-order valence-electron chi connectivity index (χ3n) is 6.04. The molecule has 4 fully saturated rings. The number of likely N-dealkylation sites (tertiary alicyclic amines) is 1. The van der Waals surface area contributed by atoms with Crippen LogP contribution >= 0.6 is 0 Å². The molecule has 1 saturated heterocycles. The van der Waals surface area contributed by atoms with Crippen LogP contribution in [-0.2, 0) is 9.59 Å². The Kier molecular flexibility index (Phi) is 3.85. The van der Waals surface area contributed by atoms with Gasteiger partial charge < -0.3 is 15.3 Å². The zero-order chi connectivity index (χ0) is 15.8. The van der Waals surface area contributed by atoms with Crippen LogP contribution in [0.4, 0.5) is 0 Å². The van der Waals surface area contributed by atoms with E-state index in [-0.39, 0.29) is 24.0 Å². The number of carboxylic acids is 1. The average Bonchev–Trinajstić information content (AvgIpc) is 3.03. The number of hydrogen-bond acceptors (Lipinski definition) is 4. The minimum atomic E-state index is -0.661. The fourth-order valence-corrected chi connectivity index (χ4v) is 4.34. The Morgan fingerprint density at radius 3 is 2.41 bits per heavy atom. The van der Waals surface area contributed by atoms with Gasteiger partial charge in [-0.1, -0.05) is 0 Å². The Morgan fingerprint density at radius 1 is 1.23 bits per heavy atom. The number of nitriles is 1. The zero-order valence-electron chi connectivity index (χ0n) is 12.8. The largest absolute Gasteiger partial charge is 0.481 e. The van der Waals surface area contributed by atoms with Crippen molar-refractivity contribution < 1.29 is 14.7 Å². The number of aliphatic carboxylic acids is 1. The lowest BCUT2D eigenvalue weighted by Gasteiger charge is -2.51. The summed E-state index contributed by atoms with van der Waals surface area (Å²) in [6.45, 7) is 0.937. The van der Waals surface area contributed by atoms with Crippen LogP contribution in [0, 0.1) is 16.7 Å². The Hall–Kier alpha value is -1.61. The molecule has 6 heteroatoms. The molecule has 2 bridgehead atoms. The standard InChI is InChI=1S/C16H23N3O3/c17-10-12-2-1-9-19(12)13(20)11-18-16-6-3-15(4-7-16,5-8-16)14(21)22/h12,18H,1-9,11H2,(H,21,22)/t12-,15?,16?/m0/s1. The number of fused-ring (bicyclic) bond motifs is 3. The van der Waals surface area contributed by atoms with Crippen molar-refractivity contribution in [2.45, 2.75) is 62.9 Å². The number of carbonyl (C=O) groups excluding carboxylic acids is 1. The van der Waals surface area contributed by atoms with E-state index in [9.17, 15) is 14.7 Å².